The summed E-state index contributed by atoms with van der Waals surface area (Å²) in [6, 6.07) is 4.70. The third kappa shape index (κ3) is 3.18. The van der Waals surface area contributed by atoms with Crippen molar-refractivity contribution in [2.24, 2.45) is 5.84 Å². The molecular formula is C12H12ClN5O. The molecule has 0 saturated carbocycles. The van der Waals surface area contributed by atoms with E-state index in [1.807, 2.05) is 6.92 Å². The molecule has 0 aliphatic heterocycles. The summed E-state index contributed by atoms with van der Waals surface area (Å²) >= 11 is 5.81. The summed E-state index contributed by atoms with van der Waals surface area (Å²) in [4.78, 5) is 20.0. The minimum Gasteiger partial charge on any atom is -0.322 e. The third-order valence-electron chi connectivity index (χ3n) is 2.47. The smallest absolute Gasteiger partial charge is 0.255 e. The van der Waals surface area contributed by atoms with Crippen molar-refractivity contribution >= 4 is 29.0 Å². The molecule has 0 unspecified atom stereocenters. The minimum atomic E-state index is -0.296. The van der Waals surface area contributed by atoms with Crippen LogP contribution in [0.5, 0.6) is 0 Å². The molecule has 6 nitrogen and oxygen atoms in total. The molecule has 0 aromatic carbocycles. The highest BCUT2D eigenvalue weighted by Crippen LogP contribution is 2.17. The van der Waals surface area contributed by atoms with Gasteiger partial charge >= 0.3 is 0 Å². The molecule has 19 heavy (non-hydrogen) atoms. The summed E-state index contributed by atoms with van der Waals surface area (Å²) in [6.45, 7) is 1.86. The maximum absolute atomic E-state index is 12.1. The first-order chi connectivity index (χ1) is 9.10. The number of hydrogen-bond acceptors (Lipinski definition) is 5. The maximum atomic E-state index is 12.1. The largest absolute Gasteiger partial charge is 0.322 e. The van der Waals surface area contributed by atoms with Crippen LogP contribution in [-0.2, 0) is 0 Å². The zero-order valence-corrected chi connectivity index (χ0v) is 10.9. The van der Waals surface area contributed by atoms with Gasteiger partial charge in [-0.1, -0.05) is 11.6 Å². The lowest BCUT2D eigenvalue weighted by Crippen LogP contribution is -2.15. The van der Waals surface area contributed by atoms with E-state index in [0.29, 0.717) is 17.1 Å². The number of hydrazine groups is 1. The SMILES string of the molecule is Cc1cnccc1NC(=O)c1cc(Cl)nc(NN)c1. The molecule has 7 heteroatoms. The first-order valence-electron chi connectivity index (χ1n) is 5.46. The standard InChI is InChI=1S/C12H12ClN5O/c1-7-6-15-3-2-9(7)16-12(19)8-4-10(13)17-11(5-8)18-14/h2-6H,14H2,1H3,(H,17,18)(H,15,16,19). The molecule has 4 N–H and O–H groups in total. The lowest BCUT2D eigenvalue weighted by atomic mass is 10.2. The Morgan fingerprint density at radius 1 is 1.42 bits per heavy atom. The van der Waals surface area contributed by atoms with E-state index in [0.717, 1.165) is 5.56 Å². The monoisotopic (exact) mass is 277 g/mol. The van der Waals surface area contributed by atoms with E-state index in [1.54, 1.807) is 18.5 Å². The van der Waals surface area contributed by atoms with Gasteiger partial charge < -0.3 is 10.7 Å². The molecule has 0 fully saturated rings. The van der Waals surface area contributed by atoms with Crippen LogP contribution in [0.25, 0.3) is 0 Å². The topological polar surface area (TPSA) is 92.9 Å². The molecular weight excluding hydrogens is 266 g/mol. The van der Waals surface area contributed by atoms with Crippen molar-refractivity contribution in [3.8, 4) is 0 Å². The van der Waals surface area contributed by atoms with E-state index in [-0.39, 0.29) is 11.1 Å². The normalized spacial score (nSPS) is 10.1. The number of aromatic nitrogens is 2. The second-order valence-corrected chi connectivity index (χ2v) is 4.24. The van der Waals surface area contributed by atoms with Gasteiger partial charge in [-0.2, -0.15) is 0 Å². The summed E-state index contributed by atoms with van der Waals surface area (Å²) < 4.78 is 0. The molecule has 2 rings (SSSR count). The van der Waals surface area contributed by atoms with E-state index in [2.05, 4.69) is 20.7 Å². The number of pyridine rings is 2. The lowest BCUT2D eigenvalue weighted by molar-refractivity contribution is 0.102. The quantitative estimate of drug-likeness (QED) is 0.453. The molecule has 1 amide bonds. The summed E-state index contributed by atoms with van der Waals surface area (Å²) in [5.41, 5.74) is 4.28. The van der Waals surface area contributed by atoms with Crippen molar-refractivity contribution in [1.29, 1.82) is 0 Å². The van der Waals surface area contributed by atoms with Crippen LogP contribution >= 0.6 is 11.6 Å². The highest BCUT2D eigenvalue weighted by atomic mass is 35.5. The highest BCUT2D eigenvalue weighted by Gasteiger charge is 2.10. The molecule has 98 valence electrons. The number of hydrogen-bond donors (Lipinski definition) is 3. The average molecular weight is 278 g/mol. The van der Waals surface area contributed by atoms with E-state index < -0.39 is 0 Å². The molecule has 0 aliphatic rings. The van der Waals surface area contributed by atoms with Crippen molar-refractivity contribution in [3.63, 3.8) is 0 Å². The predicted molar refractivity (Wildman–Crippen MR) is 74.0 cm³/mol. The van der Waals surface area contributed by atoms with Crippen molar-refractivity contribution in [1.82, 2.24) is 9.97 Å². The number of nitrogens with two attached hydrogens (primary N) is 1. The Kier molecular flexibility index (Phi) is 3.94. The molecule has 0 spiro atoms. The fraction of sp³-hybridized carbons (Fsp3) is 0.0833. The molecule has 0 atom stereocenters. The van der Waals surface area contributed by atoms with Gasteiger partial charge in [0.1, 0.15) is 11.0 Å². The second kappa shape index (κ2) is 5.64. The fourth-order valence-corrected chi connectivity index (χ4v) is 1.72. The first kappa shape index (κ1) is 13.3. The Labute approximate surface area is 115 Å². The van der Waals surface area contributed by atoms with Crippen LogP contribution in [0.3, 0.4) is 0 Å². The van der Waals surface area contributed by atoms with Crippen LogP contribution < -0.4 is 16.6 Å². The Morgan fingerprint density at radius 3 is 2.89 bits per heavy atom. The summed E-state index contributed by atoms with van der Waals surface area (Å²) in [6.07, 6.45) is 3.27. The fourth-order valence-electron chi connectivity index (χ4n) is 1.51. The number of carbonyl (C=O) groups is 1. The molecule has 2 heterocycles. The number of anilines is 2. The Morgan fingerprint density at radius 2 is 2.21 bits per heavy atom. The minimum absolute atomic E-state index is 0.187. The second-order valence-electron chi connectivity index (χ2n) is 3.85. The van der Waals surface area contributed by atoms with Crippen molar-refractivity contribution in [3.05, 3.63) is 46.9 Å². The number of nitrogen functional groups attached to an aromatic ring is 1. The van der Waals surface area contributed by atoms with Gasteiger partial charge in [0.25, 0.3) is 5.91 Å². The van der Waals surface area contributed by atoms with Crippen molar-refractivity contribution in [2.45, 2.75) is 6.92 Å². The zero-order chi connectivity index (χ0) is 13.8. The third-order valence-corrected chi connectivity index (χ3v) is 2.67. The van der Waals surface area contributed by atoms with Gasteiger partial charge in [-0.3, -0.25) is 9.78 Å². The van der Waals surface area contributed by atoms with E-state index in [4.69, 9.17) is 17.4 Å². The van der Waals surface area contributed by atoms with Crippen LogP contribution in [0.15, 0.2) is 30.6 Å². The number of aryl methyl sites for hydroxylation is 1. The number of rotatable bonds is 3. The van der Waals surface area contributed by atoms with Gasteiger partial charge in [0, 0.05) is 23.6 Å². The van der Waals surface area contributed by atoms with Crippen LogP contribution in [0.1, 0.15) is 15.9 Å². The summed E-state index contributed by atoms with van der Waals surface area (Å²) in [5.74, 6) is 5.28. The molecule has 2 aromatic rings. The summed E-state index contributed by atoms with van der Waals surface area (Å²) in [7, 11) is 0. The van der Waals surface area contributed by atoms with Crippen LogP contribution in [0, 0.1) is 6.92 Å². The van der Waals surface area contributed by atoms with Gasteiger partial charge in [-0.25, -0.2) is 10.8 Å². The average Bonchev–Trinajstić information content (AvgIpc) is 2.40. The maximum Gasteiger partial charge on any atom is 0.255 e. The molecule has 0 aliphatic carbocycles. The number of carbonyl (C=O) groups excluding carboxylic acids is 1. The van der Waals surface area contributed by atoms with Crippen LogP contribution in [0.2, 0.25) is 5.15 Å². The lowest BCUT2D eigenvalue weighted by Gasteiger charge is -2.09. The number of nitrogens with one attached hydrogen (secondary N) is 2. The summed E-state index contributed by atoms with van der Waals surface area (Å²) in [5, 5.41) is 2.96. The van der Waals surface area contributed by atoms with Gasteiger partial charge in [-0.05, 0) is 30.7 Å². The van der Waals surface area contributed by atoms with Gasteiger partial charge in [-0.15, -0.1) is 0 Å². The predicted octanol–water partition coefficient (Wildman–Crippen LogP) is 1.98. The Hall–Kier alpha value is -2.18. The molecule has 0 bridgehead atoms. The Balaban J connectivity index is 2.25. The van der Waals surface area contributed by atoms with E-state index in [9.17, 15) is 4.79 Å². The number of halogens is 1. The first-order valence-corrected chi connectivity index (χ1v) is 5.84. The van der Waals surface area contributed by atoms with E-state index >= 15 is 0 Å². The highest BCUT2D eigenvalue weighted by molar-refractivity contribution is 6.30. The van der Waals surface area contributed by atoms with Crippen molar-refractivity contribution < 1.29 is 4.79 Å². The van der Waals surface area contributed by atoms with E-state index in [1.165, 1.54) is 12.1 Å². The zero-order valence-electron chi connectivity index (χ0n) is 10.1. The molecule has 2 aromatic heterocycles. The van der Waals surface area contributed by atoms with Crippen LogP contribution in [0.4, 0.5) is 11.5 Å². The molecule has 0 saturated heterocycles. The molecule has 0 radical (unpaired) electrons. The van der Waals surface area contributed by atoms with Crippen LogP contribution in [-0.4, -0.2) is 15.9 Å². The number of amides is 1. The number of nitrogens with zero attached hydrogens (tertiary/aromatic N) is 2. The Bertz CT molecular complexity index is 617. The van der Waals surface area contributed by atoms with Gasteiger partial charge in [0.15, 0.2) is 0 Å². The van der Waals surface area contributed by atoms with Gasteiger partial charge in [0.2, 0.25) is 0 Å². The van der Waals surface area contributed by atoms with Crippen molar-refractivity contribution in [2.75, 3.05) is 10.7 Å². The van der Waals surface area contributed by atoms with Gasteiger partial charge in [0.05, 0.1) is 0 Å².